The van der Waals surface area contributed by atoms with E-state index in [9.17, 15) is 4.79 Å². The van der Waals surface area contributed by atoms with Crippen LogP contribution in [0.25, 0.3) is 22.2 Å². The monoisotopic (exact) mass is 362 g/mol. The molecular formula is C21H15ClN2O2. The third-order valence-corrected chi connectivity index (χ3v) is 4.50. The average Bonchev–Trinajstić information content (AvgIpc) is 3.09. The Morgan fingerprint density at radius 1 is 1.04 bits per heavy atom. The molecule has 26 heavy (non-hydrogen) atoms. The minimum Gasteiger partial charge on any atom is -0.443 e. The van der Waals surface area contributed by atoms with Crippen molar-refractivity contribution in [2.24, 2.45) is 0 Å². The molecule has 1 aromatic heterocycles. The molecule has 4 rings (SSSR count). The van der Waals surface area contributed by atoms with E-state index in [0.29, 0.717) is 16.2 Å². The van der Waals surface area contributed by atoms with Crippen LogP contribution in [0.4, 0.5) is 5.69 Å². The van der Waals surface area contributed by atoms with Gasteiger partial charge in [-0.1, -0.05) is 41.4 Å². The largest absolute Gasteiger partial charge is 0.443 e. The standard InChI is InChI=1S/C21H15ClN2O2/c1-13-2-4-15(5-3-13)21(25)24-16-8-6-14(7-9-16)17-10-20-19(11-18(17)22)23-12-26-20/h2-12H,1H3,(H,24,25). The molecular weight excluding hydrogens is 348 g/mol. The number of nitrogens with zero attached hydrogens (tertiary/aromatic N) is 1. The molecule has 3 aromatic carbocycles. The van der Waals surface area contributed by atoms with Crippen molar-refractivity contribution in [3.63, 3.8) is 0 Å². The van der Waals surface area contributed by atoms with Gasteiger partial charge in [-0.2, -0.15) is 0 Å². The van der Waals surface area contributed by atoms with Crippen LogP contribution in [0.5, 0.6) is 0 Å². The minimum atomic E-state index is -0.140. The second-order valence-electron chi connectivity index (χ2n) is 6.05. The van der Waals surface area contributed by atoms with Gasteiger partial charge in [-0.05, 0) is 48.9 Å². The van der Waals surface area contributed by atoms with E-state index >= 15 is 0 Å². The number of halogens is 1. The first kappa shape index (κ1) is 16.4. The summed E-state index contributed by atoms with van der Waals surface area (Å²) in [6.45, 7) is 1.99. The molecule has 0 bridgehead atoms. The van der Waals surface area contributed by atoms with E-state index in [0.717, 1.165) is 27.9 Å². The lowest BCUT2D eigenvalue weighted by Gasteiger charge is -2.08. The Hall–Kier alpha value is -3.11. The van der Waals surface area contributed by atoms with Crippen LogP contribution in [0.1, 0.15) is 15.9 Å². The molecule has 0 fully saturated rings. The Labute approximate surface area is 155 Å². The highest BCUT2D eigenvalue weighted by Gasteiger charge is 2.10. The van der Waals surface area contributed by atoms with Gasteiger partial charge < -0.3 is 9.73 Å². The van der Waals surface area contributed by atoms with E-state index in [1.165, 1.54) is 6.39 Å². The molecule has 0 unspecified atom stereocenters. The molecule has 128 valence electrons. The van der Waals surface area contributed by atoms with E-state index in [1.54, 1.807) is 6.07 Å². The smallest absolute Gasteiger partial charge is 0.255 e. The van der Waals surface area contributed by atoms with Crippen LogP contribution in [-0.2, 0) is 0 Å². The number of rotatable bonds is 3. The summed E-state index contributed by atoms with van der Waals surface area (Å²) < 4.78 is 5.34. The van der Waals surface area contributed by atoms with Gasteiger partial charge in [-0.25, -0.2) is 4.98 Å². The number of fused-ring (bicyclic) bond motifs is 1. The van der Waals surface area contributed by atoms with Crippen molar-refractivity contribution in [1.82, 2.24) is 4.98 Å². The SMILES string of the molecule is Cc1ccc(C(=O)Nc2ccc(-c3cc4ocnc4cc3Cl)cc2)cc1. The average molecular weight is 363 g/mol. The first-order valence-corrected chi connectivity index (χ1v) is 8.49. The molecule has 0 aliphatic rings. The number of aromatic nitrogens is 1. The van der Waals surface area contributed by atoms with Crippen LogP contribution in [0.2, 0.25) is 5.02 Å². The Bertz CT molecular complexity index is 1080. The molecule has 0 spiro atoms. The summed E-state index contributed by atoms with van der Waals surface area (Å²) in [6, 6.07) is 18.6. The second-order valence-corrected chi connectivity index (χ2v) is 6.46. The molecule has 4 nitrogen and oxygen atoms in total. The molecule has 0 atom stereocenters. The Morgan fingerprint density at radius 2 is 1.77 bits per heavy atom. The number of benzene rings is 3. The third kappa shape index (κ3) is 3.19. The van der Waals surface area contributed by atoms with Gasteiger partial charge in [-0.3, -0.25) is 4.79 Å². The highest BCUT2D eigenvalue weighted by atomic mass is 35.5. The quantitative estimate of drug-likeness (QED) is 0.508. The van der Waals surface area contributed by atoms with Gasteiger partial charge >= 0.3 is 0 Å². The van der Waals surface area contributed by atoms with Crippen molar-refractivity contribution < 1.29 is 9.21 Å². The van der Waals surface area contributed by atoms with Crippen molar-refractivity contribution >= 4 is 34.3 Å². The van der Waals surface area contributed by atoms with Gasteiger partial charge in [0.05, 0.1) is 5.02 Å². The van der Waals surface area contributed by atoms with Crippen LogP contribution in [-0.4, -0.2) is 10.9 Å². The molecule has 4 aromatic rings. The summed E-state index contributed by atoms with van der Waals surface area (Å²) in [5.74, 6) is -0.140. The van der Waals surface area contributed by atoms with Crippen molar-refractivity contribution in [3.05, 3.63) is 83.2 Å². The van der Waals surface area contributed by atoms with Gasteiger partial charge in [-0.15, -0.1) is 0 Å². The van der Waals surface area contributed by atoms with Crippen molar-refractivity contribution in [1.29, 1.82) is 0 Å². The molecule has 0 radical (unpaired) electrons. The third-order valence-electron chi connectivity index (χ3n) is 4.19. The van der Waals surface area contributed by atoms with E-state index in [2.05, 4.69) is 10.3 Å². The number of anilines is 1. The second kappa shape index (κ2) is 6.65. The Morgan fingerprint density at radius 3 is 2.50 bits per heavy atom. The molecule has 0 saturated heterocycles. The number of carbonyl (C=O) groups excluding carboxylic acids is 1. The van der Waals surface area contributed by atoms with Crippen LogP contribution < -0.4 is 5.32 Å². The van der Waals surface area contributed by atoms with E-state index < -0.39 is 0 Å². The lowest BCUT2D eigenvalue weighted by molar-refractivity contribution is 0.102. The number of carbonyl (C=O) groups is 1. The Balaban J connectivity index is 1.57. The number of hydrogen-bond acceptors (Lipinski definition) is 3. The zero-order valence-corrected chi connectivity index (χ0v) is 14.7. The minimum absolute atomic E-state index is 0.140. The first-order valence-electron chi connectivity index (χ1n) is 8.11. The lowest BCUT2D eigenvalue weighted by Crippen LogP contribution is -2.11. The number of oxazole rings is 1. The van der Waals surface area contributed by atoms with Gasteiger partial charge in [0, 0.05) is 16.8 Å². The maximum absolute atomic E-state index is 12.3. The van der Waals surface area contributed by atoms with Crippen LogP contribution in [0, 0.1) is 6.92 Å². The molecule has 0 aliphatic carbocycles. The van der Waals surface area contributed by atoms with E-state index in [1.807, 2.05) is 61.5 Å². The summed E-state index contributed by atoms with van der Waals surface area (Å²) in [5.41, 5.74) is 5.65. The molecule has 5 heteroatoms. The molecule has 0 aliphatic heterocycles. The predicted molar refractivity (Wildman–Crippen MR) is 104 cm³/mol. The zero-order chi connectivity index (χ0) is 18.1. The number of amides is 1. The molecule has 1 amide bonds. The van der Waals surface area contributed by atoms with Crippen molar-refractivity contribution in [2.75, 3.05) is 5.32 Å². The number of hydrogen-bond donors (Lipinski definition) is 1. The summed E-state index contributed by atoms with van der Waals surface area (Å²) in [5, 5.41) is 3.50. The topological polar surface area (TPSA) is 55.1 Å². The number of aryl methyl sites for hydroxylation is 1. The highest BCUT2D eigenvalue weighted by Crippen LogP contribution is 2.32. The fourth-order valence-corrected chi connectivity index (χ4v) is 3.01. The maximum Gasteiger partial charge on any atom is 0.255 e. The van der Waals surface area contributed by atoms with Crippen molar-refractivity contribution in [3.8, 4) is 11.1 Å². The maximum atomic E-state index is 12.3. The summed E-state index contributed by atoms with van der Waals surface area (Å²) in [4.78, 5) is 16.4. The predicted octanol–water partition coefficient (Wildman–Crippen LogP) is 5.71. The van der Waals surface area contributed by atoms with Crippen molar-refractivity contribution in [2.45, 2.75) is 6.92 Å². The van der Waals surface area contributed by atoms with E-state index in [4.69, 9.17) is 16.0 Å². The van der Waals surface area contributed by atoms with E-state index in [-0.39, 0.29) is 5.91 Å². The molecule has 1 heterocycles. The summed E-state index contributed by atoms with van der Waals surface area (Å²) in [7, 11) is 0. The lowest BCUT2D eigenvalue weighted by atomic mass is 10.0. The summed E-state index contributed by atoms with van der Waals surface area (Å²) in [6.07, 6.45) is 1.40. The highest BCUT2D eigenvalue weighted by molar-refractivity contribution is 6.34. The zero-order valence-electron chi connectivity index (χ0n) is 14.0. The van der Waals surface area contributed by atoms with Gasteiger partial charge in [0.15, 0.2) is 12.0 Å². The normalized spacial score (nSPS) is 10.8. The van der Waals surface area contributed by atoms with Gasteiger partial charge in [0.1, 0.15) is 5.52 Å². The van der Waals surface area contributed by atoms with Crippen LogP contribution in [0.3, 0.4) is 0 Å². The Kier molecular flexibility index (Phi) is 4.19. The first-order chi connectivity index (χ1) is 12.6. The van der Waals surface area contributed by atoms with Crippen LogP contribution in [0.15, 0.2) is 71.5 Å². The molecule has 1 N–H and O–H groups in total. The number of nitrogens with one attached hydrogen (secondary N) is 1. The fourth-order valence-electron chi connectivity index (χ4n) is 2.74. The molecule has 0 saturated carbocycles. The van der Waals surface area contributed by atoms with Crippen LogP contribution >= 0.6 is 11.6 Å². The van der Waals surface area contributed by atoms with Gasteiger partial charge in [0.2, 0.25) is 0 Å². The summed E-state index contributed by atoms with van der Waals surface area (Å²) >= 11 is 6.36. The fraction of sp³-hybridized carbons (Fsp3) is 0.0476. The van der Waals surface area contributed by atoms with Gasteiger partial charge in [0.25, 0.3) is 5.91 Å².